The zero-order valence-electron chi connectivity index (χ0n) is 54.1. The molecular formula is C72H105BrN10O. The van der Waals surface area contributed by atoms with E-state index in [9.17, 15) is 0 Å². The maximum absolute atomic E-state index is 5.30. The van der Waals surface area contributed by atoms with E-state index in [4.69, 9.17) is 4.42 Å². The second-order valence-corrected chi connectivity index (χ2v) is 22.3. The molecule has 12 heteroatoms. The van der Waals surface area contributed by atoms with Crippen LogP contribution < -0.4 is 0 Å². The van der Waals surface area contributed by atoms with Gasteiger partial charge in [-0.05, 0) is 190 Å². The van der Waals surface area contributed by atoms with Gasteiger partial charge in [-0.25, -0.2) is 0 Å². The minimum atomic E-state index is 0.849. The molecule has 0 atom stereocenters. The summed E-state index contributed by atoms with van der Waals surface area (Å²) in [6.45, 7) is 31.6. The van der Waals surface area contributed by atoms with Gasteiger partial charge < -0.3 is 33.8 Å². The molecule has 0 unspecified atom stereocenters. The summed E-state index contributed by atoms with van der Waals surface area (Å²) in [5.74, 6) is 1.01. The first kappa shape index (κ1) is 73.9. The van der Waals surface area contributed by atoms with Crippen LogP contribution in [-0.4, -0.2) is 138 Å². The van der Waals surface area contributed by atoms with Crippen molar-refractivity contribution in [3.63, 3.8) is 0 Å². The highest BCUT2D eigenvalue weighted by Crippen LogP contribution is 2.13. The van der Waals surface area contributed by atoms with Crippen molar-refractivity contribution in [3.8, 4) is 0 Å². The third-order valence-corrected chi connectivity index (χ3v) is 14.1. The Bertz CT molecular complexity index is 2570. The van der Waals surface area contributed by atoms with Crippen molar-refractivity contribution in [2.24, 2.45) is 0 Å². The molecule has 0 aliphatic carbocycles. The first-order chi connectivity index (χ1) is 40.5. The van der Waals surface area contributed by atoms with E-state index in [0.717, 1.165) is 108 Å². The van der Waals surface area contributed by atoms with Gasteiger partial charge in [0, 0.05) is 81.3 Å². The third kappa shape index (κ3) is 37.2. The molecule has 0 saturated heterocycles. The van der Waals surface area contributed by atoms with Gasteiger partial charge in [0.25, 0.3) is 0 Å². The monoisotopic (exact) mass is 1200 g/mol. The molecule has 0 fully saturated rings. The van der Waals surface area contributed by atoms with E-state index in [1.165, 1.54) is 44.5 Å². The largest absolute Gasteiger partial charge is 0.468 e. The minimum Gasteiger partial charge on any atom is -0.468 e. The lowest BCUT2D eigenvalue weighted by Crippen LogP contribution is -2.17. The smallest absolute Gasteiger partial charge is 0.117 e. The molecule has 84 heavy (non-hydrogen) atoms. The fraction of sp³-hybridized carbons (Fsp3) is 0.403. The number of hydrogen-bond acceptors (Lipinski definition) is 11. The van der Waals surface area contributed by atoms with Crippen molar-refractivity contribution in [2.45, 2.75) is 108 Å². The predicted molar refractivity (Wildman–Crippen MR) is 362 cm³/mol. The second-order valence-electron chi connectivity index (χ2n) is 21.4. The van der Waals surface area contributed by atoms with Crippen LogP contribution in [0.1, 0.15) is 97.5 Å². The summed E-state index contributed by atoms with van der Waals surface area (Å²) in [5.41, 5.74) is 11.9. The van der Waals surface area contributed by atoms with Gasteiger partial charge in [0.05, 0.1) is 18.5 Å². The van der Waals surface area contributed by atoms with Gasteiger partial charge in [-0.1, -0.05) is 172 Å². The lowest BCUT2D eigenvalue weighted by Gasteiger charge is -2.14. The Hall–Kier alpha value is -6.19. The molecule has 4 aromatic heterocycles. The molecule has 0 aliphatic rings. The number of hydrogen-bond donors (Lipinski definition) is 0. The van der Waals surface area contributed by atoms with E-state index < -0.39 is 0 Å². The molecule has 0 radical (unpaired) electrons. The summed E-state index contributed by atoms with van der Waals surface area (Å²) in [7, 11) is 14.8. The highest BCUT2D eigenvalue weighted by atomic mass is 79.9. The van der Waals surface area contributed by atoms with E-state index in [0.29, 0.717) is 0 Å². The van der Waals surface area contributed by atoms with E-state index >= 15 is 0 Å². The van der Waals surface area contributed by atoms with Crippen molar-refractivity contribution < 1.29 is 4.42 Å². The maximum atomic E-state index is 5.30. The van der Waals surface area contributed by atoms with E-state index in [-0.39, 0.29) is 0 Å². The van der Waals surface area contributed by atoms with Crippen LogP contribution in [0.2, 0.25) is 0 Å². The van der Waals surface area contributed by atoms with Crippen molar-refractivity contribution in [1.82, 2.24) is 49.3 Å². The minimum absolute atomic E-state index is 0.849. The summed E-state index contributed by atoms with van der Waals surface area (Å²) in [6, 6.07) is 54.4. The molecule has 4 aromatic carbocycles. The summed E-state index contributed by atoms with van der Waals surface area (Å²) in [5, 5.41) is 0. The Labute approximate surface area is 518 Å². The second kappa shape index (κ2) is 46.1. The standard InChI is InChI=1S/C13H15NO.2C11H17N.C10H14BrN.3C9H14N2/c1-14(11-13-8-5-9-15-13)10-12-6-3-2-4-7-12;2*1-4-12(3)9-11-7-5-10(2)6-8-11;1-3-12(2)8-9-5-4-6-10(11)7-9;1-3-11(2)8-9-4-6-10-7-5-9;1-3-11(2)8-9-5-4-6-10-7-9;1-3-11(2)8-9-6-4-5-7-10-9/h2-9H,10-11H2,1H3;2*5-8H,4,9H2,1-3H3;4-7H,3,8H2,1-2H3;3*4-7H,3,8H2,1-2H3. The van der Waals surface area contributed by atoms with Gasteiger partial charge in [-0.3, -0.25) is 19.9 Å². The quantitative estimate of drug-likeness (QED) is 0.0651. The van der Waals surface area contributed by atoms with Gasteiger partial charge in [-0.2, -0.15) is 0 Å². The first-order valence-corrected chi connectivity index (χ1v) is 30.7. The SMILES string of the molecule is CCN(C)Cc1ccc(C)cc1.CCN(C)Cc1ccc(C)cc1.CCN(C)Cc1cccc(Br)c1.CCN(C)Cc1ccccn1.CCN(C)Cc1cccnc1.CCN(C)Cc1ccncc1.CN(Cc1ccccc1)Cc1ccco1. The maximum Gasteiger partial charge on any atom is 0.117 e. The van der Waals surface area contributed by atoms with Gasteiger partial charge in [-0.15, -0.1) is 0 Å². The van der Waals surface area contributed by atoms with Crippen LogP contribution in [0, 0.1) is 13.8 Å². The van der Waals surface area contributed by atoms with Crippen LogP contribution in [0.25, 0.3) is 0 Å². The van der Waals surface area contributed by atoms with Gasteiger partial charge in [0.1, 0.15) is 5.76 Å². The third-order valence-electron chi connectivity index (χ3n) is 13.6. The van der Waals surface area contributed by atoms with Crippen LogP contribution in [0.4, 0.5) is 0 Å². The average Bonchev–Trinajstić information content (AvgIpc) is 4.07. The van der Waals surface area contributed by atoms with Gasteiger partial charge in [0.2, 0.25) is 0 Å². The van der Waals surface area contributed by atoms with E-state index in [1.807, 2.05) is 79.4 Å². The number of aryl methyl sites for hydroxylation is 2. The fourth-order valence-corrected chi connectivity index (χ4v) is 8.07. The fourth-order valence-electron chi connectivity index (χ4n) is 7.62. The molecule has 0 aliphatic heterocycles. The number of nitrogens with zero attached hydrogens (tertiary/aromatic N) is 10. The summed E-state index contributed by atoms with van der Waals surface area (Å²) < 4.78 is 6.46. The molecule has 8 rings (SSSR count). The Morgan fingerprint density at radius 2 is 0.774 bits per heavy atom. The highest BCUT2D eigenvalue weighted by molar-refractivity contribution is 9.10. The molecule has 456 valence electrons. The van der Waals surface area contributed by atoms with Crippen LogP contribution >= 0.6 is 15.9 Å². The number of pyridine rings is 3. The first-order valence-electron chi connectivity index (χ1n) is 29.9. The highest BCUT2D eigenvalue weighted by Gasteiger charge is 2.04. The number of furan rings is 1. The zero-order chi connectivity index (χ0) is 61.7. The predicted octanol–water partition coefficient (Wildman–Crippen LogP) is 15.3. The van der Waals surface area contributed by atoms with Crippen molar-refractivity contribution in [1.29, 1.82) is 0 Å². The topological polar surface area (TPSA) is 74.5 Å². The molecule has 0 bridgehead atoms. The molecule has 0 amide bonds. The Kier molecular flexibility index (Phi) is 40.6. The Morgan fingerprint density at radius 1 is 0.345 bits per heavy atom. The molecule has 0 saturated carbocycles. The van der Waals surface area contributed by atoms with Crippen LogP contribution in [0.5, 0.6) is 0 Å². The Morgan fingerprint density at radius 3 is 1.21 bits per heavy atom. The lowest BCUT2D eigenvalue weighted by molar-refractivity contribution is 0.288. The molecular weight excluding hydrogens is 1100 g/mol. The van der Waals surface area contributed by atoms with Crippen LogP contribution in [0.3, 0.4) is 0 Å². The molecule has 11 nitrogen and oxygen atoms in total. The molecule has 0 N–H and O–H groups in total. The number of rotatable bonds is 22. The van der Waals surface area contributed by atoms with Crippen LogP contribution in [0.15, 0.2) is 204 Å². The van der Waals surface area contributed by atoms with Crippen LogP contribution in [-0.2, 0) is 52.4 Å². The molecule has 4 heterocycles. The normalized spacial score (nSPS) is 10.6. The van der Waals surface area contributed by atoms with Crippen molar-refractivity contribution in [2.75, 3.05) is 88.6 Å². The molecule has 8 aromatic rings. The Balaban J connectivity index is 0.000000335. The summed E-state index contributed by atoms with van der Waals surface area (Å²) >= 11 is 3.46. The summed E-state index contributed by atoms with van der Waals surface area (Å²) in [4.78, 5) is 28.1. The number of benzene rings is 4. The lowest BCUT2D eigenvalue weighted by atomic mass is 10.1. The van der Waals surface area contributed by atoms with Gasteiger partial charge >= 0.3 is 0 Å². The molecule has 0 spiro atoms. The average molecular weight is 1210 g/mol. The number of halogens is 1. The number of aromatic nitrogens is 3. The van der Waals surface area contributed by atoms with Crippen molar-refractivity contribution in [3.05, 3.63) is 255 Å². The van der Waals surface area contributed by atoms with Gasteiger partial charge in [0.15, 0.2) is 0 Å². The summed E-state index contributed by atoms with van der Waals surface area (Å²) in [6.07, 6.45) is 10.9. The zero-order valence-corrected chi connectivity index (χ0v) is 55.7. The van der Waals surface area contributed by atoms with E-state index in [1.54, 1.807) is 12.5 Å². The van der Waals surface area contributed by atoms with E-state index in [2.05, 4.69) is 273 Å². The van der Waals surface area contributed by atoms with Crippen molar-refractivity contribution >= 4 is 15.9 Å².